The van der Waals surface area contributed by atoms with Crippen LogP contribution in [-0.2, 0) is 26.3 Å². The monoisotopic (exact) mass is 260 g/mol. The summed E-state index contributed by atoms with van der Waals surface area (Å²) in [4.78, 5) is 21.6. The molecule has 0 amide bonds. The van der Waals surface area contributed by atoms with Crippen molar-refractivity contribution in [1.29, 1.82) is 0 Å². The van der Waals surface area contributed by atoms with E-state index in [2.05, 4.69) is 0 Å². The summed E-state index contributed by atoms with van der Waals surface area (Å²) in [6.07, 6.45) is 0. The zero-order chi connectivity index (χ0) is 4.50. The van der Waals surface area contributed by atoms with Gasteiger partial charge in [-0.25, -0.2) is 4.57 Å². The van der Waals surface area contributed by atoms with Gasteiger partial charge in [-0.15, -0.1) is 0 Å². The van der Waals surface area contributed by atoms with Crippen molar-refractivity contribution in [1.82, 2.24) is 0 Å². The molecule has 0 aromatic carbocycles. The Kier molecular flexibility index (Phi) is 108. The van der Waals surface area contributed by atoms with Crippen LogP contribution in [0.5, 0.6) is 0 Å². The maximum Gasteiger partial charge on any atom is 2.00 e. The molecule has 0 aliphatic rings. The van der Waals surface area contributed by atoms with E-state index in [4.69, 9.17) is 19.2 Å². The molecule has 11 N–H and O–H groups in total. The smallest absolute Gasteiger partial charge is 1.00 e. The molecule has 8 nitrogen and oxygen atoms in total. The standard InChI is InChI=1S/Ca.H3O4P.4H2O.Ti.2H/c;1-5(2,3)4;;;;;;;/h;(H3,1,2,3,4);4*1H2;;;/q+2;;;;;;;2*-1. The Morgan fingerprint density at radius 1 is 0.909 bits per heavy atom. The molecular weight excluding hydrogens is 247 g/mol. The molecule has 11 heavy (non-hydrogen) atoms. The minimum Gasteiger partial charge on any atom is -1.00 e. The fraction of sp³-hybridized carbons (Fsp3) is 0. The van der Waals surface area contributed by atoms with Gasteiger partial charge in [-0.1, -0.05) is 0 Å². The molecule has 0 fully saturated rings. The molecule has 0 bridgehead atoms. The molecule has 0 aliphatic heterocycles. The van der Waals surface area contributed by atoms with Gasteiger partial charge >= 0.3 is 45.6 Å². The maximum absolute atomic E-state index is 8.88. The fourth-order valence-corrected chi connectivity index (χ4v) is 0. The van der Waals surface area contributed by atoms with E-state index >= 15 is 0 Å². The van der Waals surface area contributed by atoms with Gasteiger partial charge in [0.25, 0.3) is 0 Å². The van der Waals surface area contributed by atoms with Crippen LogP contribution >= 0.6 is 7.82 Å². The van der Waals surface area contributed by atoms with E-state index in [0.29, 0.717) is 0 Å². The van der Waals surface area contributed by atoms with E-state index in [-0.39, 0.29) is 84.2 Å². The number of hydrogen-bond donors (Lipinski definition) is 3. The molecule has 0 aliphatic carbocycles. The predicted molar refractivity (Wildman–Crippen MR) is 36.7 cm³/mol. The van der Waals surface area contributed by atoms with E-state index in [0.717, 1.165) is 0 Å². The molecule has 0 saturated heterocycles. The normalized spacial score (nSPS) is 5.36. The van der Waals surface area contributed by atoms with Crippen molar-refractivity contribution >= 4 is 45.6 Å². The van der Waals surface area contributed by atoms with Gasteiger partial charge in [-0.2, -0.15) is 0 Å². The average Bonchev–Trinajstić information content (AvgIpc) is 0.722. The van der Waals surface area contributed by atoms with Crippen molar-refractivity contribution in [3.8, 4) is 0 Å². The van der Waals surface area contributed by atoms with Crippen LogP contribution in [0.25, 0.3) is 0 Å². The summed E-state index contributed by atoms with van der Waals surface area (Å²) in [5, 5.41) is 0. The first-order valence-corrected chi connectivity index (χ1v) is 2.35. The third kappa shape index (κ3) is 317. The number of phosphoric acid groups is 1. The summed E-state index contributed by atoms with van der Waals surface area (Å²) in [5.74, 6) is 0. The molecule has 0 saturated carbocycles. The summed E-state index contributed by atoms with van der Waals surface area (Å²) < 4.78 is 8.88. The summed E-state index contributed by atoms with van der Waals surface area (Å²) >= 11 is 0. The molecule has 0 rings (SSSR count). The third-order valence-electron chi connectivity index (χ3n) is 0. The van der Waals surface area contributed by atoms with Crippen LogP contribution in [0.15, 0.2) is 0 Å². The zero-order valence-corrected chi connectivity index (χ0v) is 10.1. The van der Waals surface area contributed by atoms with Crippen LogP contribution in [-0.4, -0.2) is 74.3 Å². The molecular formula is H13CaO8PTi. The molecule has 72 valence electrons. The van der Waals surface area contributed by atoms with Gasteiger partial charge in [0, 0.05) is 21.7 Å². The van der Waals surface area contributed by atoms with Gasteiger partial charge < -0.3 is 39.4 Å². The Hall–Kier alpha value is 1.92. The van der Waals surface area contributed by atoms with Crippen molar-refractivity contribution in [2.24, 2.45) is 0 Å². The van der Waals surface area contributed by atoms with E-state index < -0.39 is 7.82 Å². The number of rotatable bonds is 0. The van der Waals surface area contributed by atoms with Crippen molar-refractivity contribution < 1.29 is 65.7 Å². The Balaban J connectivity index is -0.00000000286. The molecule has 0 spiro atoms. The zero-order valence-electron chi connectivity index (χ0n) is 7.40. The van der Waals surface area contributed by atoms with Crippen molar-refractivity contribution in [2.45, 2.75) is 0 Å². The Bertz CT molecular complexity index is 68.3. The minimum absolute atomic E-state index is 0. The van der Waals surface area contributed by atoms with Crippen LogP contribution in [0.4, 0.5) is 0 Å². The summed E-state index contributed by atoms with van der Waals surface area (Å²) in [5.41, 5.74) is 0. The van der Waals surface area contributed by atoms with Crippen LogP contribution in [0.3, 0.4) is 0 Å². The first kappa shape index (κ1) is 52.4. The van der Waals surface area contributed by atoms with Crippen molar-refractivity contribution in [3.05, 3.63) is 0 Å². The second kappa shape index (κ2) is 22.7. The summed E-state index contributed by atoms with van der Waals surface area (Å²) in [7, 11) is -4.64. The third-order valence-corrected chi connectivity index (χ3v) is 0. The number of hydrogen-bond acceptors (Lipinski definition) is 1. The van der Waals surface area contributed by atoms with Gasteiger partial charge in [0.15, 0.2) is 0 Å². The second-order valence-electron chi connectivity index (χ2n) is 0.513. The first-order valence-electron chi connectivity index (χ1n) is 0.783. The predicted octanol–water partition coefficient (Wildman–Crippen LogP) is -4.39. The van der Waals surface area contributed by atoms with Crippen LogP contribution in [0.1, 0.15) is 2.85 Å². The van der Waals surface area contributed by atoms with Gasteiger partial charge in [0.05, 0.1) is 0 Å². The first-order chi connectivity index (χ1) is 2.00. The van der Waals surface area contributed by atoms with E-state index in [1.165, 1.54) is 0 Å². The molecule has 11 heteroatoms. The molecule has 0 radical (unpaired) electrons. The second-order valence-corrected chi connectivity index (χ2v) is 1.54. The van der Waals surface area contributed by atoms with Gasteiger partial charge in [0.2, 0.25) is 0 Å². The van der Waals surface area contributed by atoms with Crippen LogP contribution in [0, 0.1) is 0 Å². The quantitative estimate of drug-likeness (QED) is 0.291. The van der Waals surface area contributed by atoms with Gasteiger partial charge in [-0.05, 0) is 0 Å². The average molecular weight is 260 g/mol. The maximum atomic E-state index is 8.88. The fourth-order valence-electron chi connectivity index (χ4n) is 0. The van der Waals surface area contributed by atoms with Crippen molar-refractivity contribution in [2.75, 3.05) is 0 Å². The van der Waals surface area contributed by atoms with Gasteiger partial charge in [0.1, 0.15) is 0 Å². The van der Waals surface area contributed by atoms with E-state index in [1.54, 1.807) is 0 Å². The minimum atomic E-state index is -4.64. The summed E-state index contributed by atoms with van der Waals surface area (Å²) in [6.45, 7) is 0. The van der Waals surface area contributed by atoms with Gasteiger partial charge in [-0.3, -0.25) is 0 Å². The van der Waals surface area contributed by atoms with Crippen LogP contribution < -0.4 is 0 Å². The van der Waals surface area contributed by atoms with Crippen molar-refractivity contribution in [3.63, 3.8) is 0 Å². The van der Waals surface area contributed by atoms with E-state index in [9.17, 15) is 0 Å². The largest absolute Gasteiger partial charge is 2.00 e. The SMILES string of the molecule is O.O.O.O.O=P(O)(O)O.[Ca+2].[H-].[H-].[Ti]. The Labute approximate surface area is 110 Å². The topological polar surface area (TPSA) is 204 Å². The molecule has 0 aromatic rings. The van der Waals surface area contributed by atoms with E-state index in [1.807, 2.05) is 0 Å². The summed E-state index contributed by atoms with van der Waals surface area (Å²) in [6, 6.07) is 0. The molecule has 0 unspecified atom stereocenters. The Morgan fingerprint density at radius 3 is 0.909 bits per heavy atom. The molecule has 0 atom stereocenters. The molecule has 0 aromatic heterocycles. The van der Waals surface area contributed by atoms with Crippen LogP contribution in [0.2, 0.25) is 0 Å². The molecule has 0 heterocycles. The Morgan fingerprint density at radius 2 is 0.909 bits per heavy atom.